The van der Waals surface area contributed by atoms with E-state index in [-0.39, 0.29) is 11.7 Å². The Bertz CT molecular complexity index is 942. The molecule has 0 radical (unpaired) electrons. The molecule has 2 N–H and O–H groups in total. The molecule has 3 aromatic rings. The van der Waals surface area contributed by atoms with E-state index in [0.29, 0.717) is 36.3 Å². The van der Waals surface area contributed by atoms with Crippen LogP contribution in [0.1, 0.15) is 23.5 Å². The molecule has 2 atom stereocenters. The number of nitrogens with zero attached hydrogens (tertiary/aromatic N) is 2. The predicted molar refractivity (Wildman–Crippen MR) is 95.9 cm³/mol. The van der Waals surface area contributed by atoms with Crippen molar-refractivity contribution in [3.8, 4) is 17.1 Å². The summed E-state index contributed by atoms with van der Waals surface area (Å²) in [7, 11) is 0. The third-order valence-electron chi connectivity index (χ3n) is 4.77. The van der Waals surface area contributed by atoms with Crippen LogP contribution >= 0.6 is 0 Å². The number of pyridine rings is 1. The van der Waals surface area contributed by atoms with Crippen LogP contribution in [0.4, 0.5) is 4.39 Å². The van der Waals surface area contributed by atoms with Gasteiger partial charge in [0.25, 0.3) is 0 Å². The second kappa shape index (κ2) is 7.19. The number of H-pyrrole nitrogens is 1. The number of benzene rings is 1. The van der Waals surface area contributed by atoms with Crippen LogP contribution in [0.2, 0.25) is 0 Å². The molecule has 0 unspecified atom stereocenters. The highest BCUT2D eigenvalue weighted by Crippen LogP contribution is 2.48. The smallest absolute Gasteiger partial charge is 0.307 e. The molecular formula is C20H18FN3O3. The summed E-state index contributed by atoms with van der Waals surface area (Å²) in [6.45, 7) is 0.304. The van der Waals surface area contributed by atoms with Gasteiger partial charge in [0.2, 0.25) is 0 Å². The van der Waals surface area contributed by atoms with Gasteiger partial charge in [-0.3, -0.25) is 14.9 Å². The second-order valence-corrected chi connectivity index (χ2v) is 6.56. The second-order valence-electron chi connectivity index (χ2n) is 6.56. The Morgan fingerprint density at radius 1 is 1.30 bits per heavy atom. The van der Waals surface area contributed by atoms with Crippen molar-refractivity contribution in [2.24, 2.45) is 5.92 Å². The molecule has 0 amide bonds. The summed E-state index contributed by atoms with van der Waals surface area (Å²) >= 11 is 0. The monoisotopic (exact) mass is 367 g/mol. The molecule has 0 bridgehead atoms. The molecule has 0 aliphatic heterocycles. The molecule has 138 valence electrons. The standard InChI is InChI=1S/C20H18FN3O3/c21-19-12(2-1-3-14(19)15-10-16(15)20(25)26)7-9-27-13-4-5-17(22-11-13)18-6-8-23-24-18/h1-6,8,11,15-16H,7,9-10H2,(H,23,24)(H,25,26)/t15-,16+/m1/s1. The van der Waals surface area contributed by atoms with Crippen LogP contribution in [0.3, 0.4) is 0 Å². The maximum absolute atomic E-state index is 14.7. The first-order valence-corrected chi connectivity index (χ1v) is 8.72. The van der Waals surface area contributed by atoms with Crippen LogP contribution in [0.15, 0.2) is 48.8 Å². The number of hydrogen-bond acceptors (Lipinski definition) is 4. The van der Waals surface area contributed by atoms with Gasteiger partial charge in [-0.1, -0.05) is 18.2 Å². The largest absolute Gasteiger partial charge is 0.492 e. The van der Waals surface area contributed by atoms with Gasteiger partial charge in [0.15, 0.2) is 0 Å². The van der Waals surface area contributed by atoms with Crippen molar-refractivity contribution >= 4 is 5.97 Å². The fourth-order valence-corrected chi connectivity index (χ4v) is 3.19. The fraction of sp³-hybridized carbons (Fsp3) is 0.250. The third-order valence-corrected chi connectivity index (χ3v) is 4.77. The third kappa shape index (κ3) is 3.67. The zero-order chi connectivity index (χ0) is 18.8. The number of aliphatic carboxylic acids is 1. The first-order valence-electron chi connectivity index (χ1n) is 8.72. The van der Waals surface area contributed by atoms with Gasteiger partial charge in [-0.15, -0.1) is 0 Å². The molecule has 7 heteroatoms. The summed E-state index contributed by atoms with van der Waals surface area (Å²) in [5.74, 6) is -1.27. The van der Waals surface area contributed by atoms with Crippen molar-refractivity contribution in [3.05, 3.63) is 65.7 Å². The van der Waals surface area contributed by atoms with Gasteiger partial charge in [0.05, 0.1) is 30.1 Å². The molecule has 4 rings (SSSR count). The minimum absolute atomic E-state index is 0.220. The van der Waals surface area contributed by atoms with Gasteiger partial charge in [-0.05, 0) is 35.7 Å². The molecule has 2 heterocycles. The number of carboxylic acids is 1. The van der Waals surface area contributed by atoms with Crippen molar-refractivity contribution in [2.75, 3.05) is 6.61 Å². The van der Waals surface area contributed by atoms with Gasteiger partial charge in [0, 0.05) is 18.5 Å². The summed E-state index contributed by atoms with van der Waals surface area (Å²) in [4.78, 5) is 15.3. The van der Waals surface area contributed by atoms with Crippen molar-refractivity contribution in [3.63, 3.8) is 0 Å². The van der Waals surface area contributed by atoms with Gasteiger partial charge in [-0.25, -0.2) is 4.39 Å². The van der Waals surface area contributed by atoms with E-state index in [9.17, 15) is 9.18 Å². The average molecular weight is 367 g/mol. The van der Waals surface area contributed by atoms with Crippen LogP contribution in [0, 0.1) is 11.7 Å². The van der Waals surface area contributed by atoms with E-state index < -0.39 is 11.9 Å². The maximum Gasteiger partial charge on any atom is 0.307 e. The SMILES string of the molecule is O=C(O)[C@H]1C[C@@H]1c1cccc(CCOc2ccc(-c3ccn[nH]3)nc2)c1F. The highest BCUT2D eigenvalue weighted by atomic mass is 19.1. The number of carbonyl (C=O) groups is 1. The number of halogens is 1. The molecule has 1 aliphatic rings. The van der Waals surface area contributed by atoms with Crippen molar-refractivity contribution in [1.82, 2.24) is 15.2 Å². The highest BCUT2D eigenvalue weighted by Gasteiger charge is 2.45. The van der Waals surface area contributed by atoms with Crippen molar-refractivity contribution in [1.29, 1.82) is 0 Å². The summed E-state index contributed by atoms with van der Waals surface area (Å²) in [6.07, 6.45) is 4.17. The lowest BCUT2D eigenvalue weighted by atomic mass is 10.0. The number of carboxylic acid groups (broad SMARTS) is 1. The van der Waals surface area contributed by atoms with E-state index in [4.69, 9.17) is 9.84 Å². The van der Waals surface area contributed by atoms with Crippen LogP contribution in [0.5, 0.6) is 5.75 Å². The Morgan fingerprint density at radius 2 is 2.19 bits per heavy atom. The Hall–Kier alpha value is -3.22. The molecule has 1 aromatic carbocycles. The Balaban J connectivity index is 1.36. The summed E-state index contributed by atoms with van der Waals surface area (Å²) in [5.41, 5.74) is 2.60. The molecule has 6 nitrogen and oxygen atoms in total. The molecule has 27 heavy (non-hydrogen) atoms. The Labute approximate surface area is 155 Å². The van der Waals surface area contributed by atoms with E-state index in [1.165, 1.54) is 0 Å². The predicted octanol–water partition coefficient (Wildman–Crippen LogP) is 3.42. The topological polar surface area (TPSA) is 88.1 Å². The molecular weight excluding hydrogens is 349 g/mol. The van der Waals surface area contributed by atoms with Gasteiger partial charge < -0.3 is 9.84 Å². The molecule has 1 aliphatic carbocycles. The molecule has 0 saturated heterocycles. The van der Waals surface area contributed by atoms with Gasteiger partial charge in [-0.2, -0.15) is 5.10 Å². The van der Waals surface area contributed by atoms with E-state index in [1.54, 1.807) is 36.7 Å². The zero-order valence-corrected chi connectivity index (χ0v) is 14.4. The van der Waals surface area contributed by atoms with Gasteiger partial charge >= 0.3 is 5.97 Å². The molecule has 1 saturated carbocycles. The van der Waals surface area contributed by atoms with E-state index >= 15 is 0 Å². The highest BCUT2D eigenvalue weighted by molar-refractivity contribution is 5.75. The van der Waals surface area contributed by atoms with E-state index in [1.807, 2.05) is 12.1 Å². The van der Waals surface area contributed by atoms with Crippen LogP contribution in [-0.2, 0) is 11.2 Å². The lowest BCUT2D eigenvalue weighted by Crippen LogP contribution is -2.06. The molecule has 2 aromatic heterocycles. The van der Waals surface area contributed by atoms with Crippen LogP contribution in [-0.4, -0.2) is 32.9 Å². The lowest BCUT2D eigenvalue weighted by Gasteiger charge is -2.09. The number of nitrogens with one attached hydrogen (secondary N) is 1. The lowest BCUT2D eigenvalue weighted by molar-refractivity contribution is -0.138. The quantitative estimate of drug-likeness (QED) is 0.668. The minimum atomic E-state index is -0.862. The summed E-state index contributed by atoms with van der Waals surface area (Å²) in [5, 5.41) is 15.8. The van der Waals surface area contributed by atoms with Crippen molar-refractivity contribution < 1.29 is 19.0 Å². The number of hydrogen-bond donors (Lipinski definition) is 2. The fourth-order valence-electron chi connectivity index (χ4n) is 3.19. The molecule has 1 fully saturated rings. The summed E-state index contributed by atoms with van der Waals surface area (Å²) in [6, 6.07) is 10.6. The normalized spacial score (nSPS) is 18.3. The van der Waals surface area contributed by atoms with E-state index in [0.717, 1.165) is 11.4 Å². The molecule has 0 spiro atoms. The van der Waals surface area contributed by atoms with Crippen LogP contribution < -0.4 is 4.74 Å². The van der Waals surface area contributed by atoms with Crippen molar-refractivity contribution in [2.45, 2.75) is 18.8 Å². The first kappa shape index (κ1) is 17.2. The van der Waals surface area contributed by atoms with Gasteiger partial charge in [0.1, 0.15) is 11.6 Å². The average Bonchev–Trinajstić information content (AvgIpc) is 3.28. The number of aromatic nitrogens is 3. The number of rotatable bonds is 7. The Kier molecular flexibility index (Phi) is 4.58. The zero-order valence-electron chi connectivity index (χ0n) is 14.4. The first-order chi connectivity index (χ1) is 13.1. The maximum atomic E-state index is 14.7. The van der Waals surface area contributed by atoms with Crippen LogP contribution in [0.25, 0.3) is 11.4 Å². The minimum Gasteiger partial charge on any atom is -0.492 e. The Morgan fingerprint density at radius 3 is 2.85 bits per heavy atom. The van der Waals surface area contributed by atoms with E-state index in [2.05, 4.69) is 15.2 Å². The number of ether oxygens (including phenoxy) is 1. The summed E-state index contributed by atoms with van der Waals surface area (Å²) < 4.78 is 20.3. The number of aromatic amines is 1.